The van der Waals surface area contributed by atoms with Gasteiger partial charge in [-0.25, -0.2) is 0 Å². The predicted octanol–water partition coefficient (Wildman–Crippen LogP) is 2.86. The molecule has 0 aliphatic rings. The first kappa shape index (κ1) is 13.8. The van der Waals surface area contributed by atoms with Gasteiger partial charge in [0.1, 0.15) is 5.75 Å². The van der Waals surface area contributed by atoms with Crippen molar-refractivity contribution in [1.29, 1.82) is 0 Å². The molecule has 92 valence electrons. The number of benzene rings is 1. The summed E-state index contributed by atoms with van der Waals surface area (Å²) in [5, 5.41) is 0. The van der Waals surface area contributed by atoms with Gasteiger partial charge in [-0.1, -0.05) is 15.9 Å². The molecule has 0 heterocycles. The lowest BCUT2D eigenvalue weighted by molar-refractivity contribution is -0.120. The van der Waals surface area contributed by atoms with Crippen LogP contribution in [0.3, 0.4) is 0 Å². The molecule has 0 fully saturated rings. The van der Waals surface area contributed by atoms with Gasteiger partial charge in [-0.05, 0) is 31.2 Å². The second kappa shape index (κ2) is 6.45. The van der Waals surface area contributed by atoms with Crippen LogP contribution in [-0.4, -0.2) is 30.9 Å². The van der Waals surface area contributed by atoms with Crippen LogP contribution in [-0.2, 0) is 4.79 Å². The third-order valence-electron chi connectivity index (χ3n) is 2.06. The summed E-state index contributed by atoms with van der Waals surface area (Å²) in [6, 6.07) is 7.40. The average Bonchev–Trinajstić information content (AvgIpc) is 2.28. The number of halogens is 1. The minimum Gasteiger partial charge on any atom is -0.483 e. The Morgan fingerprint density at radius 1 is 1.35 bits per heavy atom. The molecule has 3 nitrogen and oxygen atoms in total. The van der Waals surface area contributed by atoms with Crippen molar-refractivity contribution in [1.82, 2.24) is 4.90 Å². The van der Waals surface area contributed by atoms with E-state index in [0.717, 1.165) is 4.47 Å². The number of rotatable bonds is 5. The average molecular weight is 298 g/mol. The monoisotopic (exact) mass is 297 g/mol. The Hall–Kier alpha value is -1.29. The normalized spacial score (nSPS) is 12.5. The molecule has 0 saturated carbocycles. The molecule has 0 amide bonds. The van der Waals surface area contributed by atoms with Crippen molar-refractivity contribution >= 4 is 21.7 Å². The summed E-state index contributed by atoms with van der Waals surface area (Å²) in [7, 11) is 3.73. The zero-order chi connectivity index (χ0) is 12.8. The summed E-state index contributed by atoms with van der Waals surface area (Å²) >= 11 is 3.34. The Bertz CT molecular complexity index is 398. The summed E-state index contributed by atoms with van der Waals surface area (Å²) < 4.78 is 6.51. The zero-order valence-corrected chi connectivity index (χ0v) is 11.8. The van der Waals surface area contributed by atoms with E-state index in [0.29, 0.717) is 5.75 Å². The first-order valence-corrected chi connectivity index (χ1v) is 6.09. The predicted molar refractivity (Wildman–Crippen MR) is 72.1 cm³/mol. The number of hydrogen-bond acceptors (Lipinski definition) is 3. The van der Waals surface area contributed by atoms with Gasteiger partial charge in [-0.2, -0.15) is 0 Å². The van der Waals surface area contributed by atoms with E-state index in [-0.39, 0.29) is 5.78 Å². The molecule has 0 spiro atoms. The highest BCUT2D eigenvalue weighted by Gasteiger charge is 2.11. The van der Waals surface area contributed by atoms with Gasteiger partial charge >= 0.3 is 0 Å². The second-order valence-electron chi connectivity index (χ2n) is 3.90. The molecule has 0 aliphatic heterocycles. The second-order valence-corrected chi connectivity index (χ2v) is 4.81. The quantitative estimate of drug-likeness (QED) is 0.783. The summed E-state index contributed by atoms with van der Waals surface area (Å²) in [6.45, 7) is 1.74. The molecule has 17 heavy (non-hydrogen) atoms. The fraction of sp³-hybridized carbons (Fsp3) is 0.308. The molecule has 1 unspecified atom stereocenters. The van der Waals surface area contributed by atoms with Gasteiger partial charge in [0.05, 0.1) is 0 Å². The molecule has 0 saturated heterocycles. The van der Waals surface area contributed by atoms with E-state index >= 15 is 0 Å². The van der Waals surface area contributed by atoms with Crippen LogP contribution in [0, 0.1) is 0 Å². The van der Waals surface area contributed by atoms with Gasteiger partial charge in [0.15, 0.2) is 11.9 Å². The van der Waals surface area contributed by atoms with Crippen LogP contribution in [0.15, 0.2) is 41.0 Å². The van der Waals surface area contributed by atoms with Crippen LogP contribution < -0.4 is 4.74 Å². The molecule has 0 radical (unpaired) electrons. The Labute approximate surface area is 110 Å². The molecule has 1 aromatic rings. The van der Waals surface area contributed by atoms with Gasteiger partial charge in [0.25, 0.3) is 0 Å². The SMILES string of the molecule is CC(Oc1ccc(Br)cc1)C(=O)C=CN(C)C. The van der Waals surface area contributed by atoms with Gasteiger partial charge in [0, 0.05) is 30.8 Å². The summed E-state index contributed by atoms with van der Waals surface area (Å²) in [6.07, 6.45) is 2.75. The molecule has 0 aromatic heterocycles. The van der Waals surface area contributed by atoms with Gasteiger partial charge in [0.2, 0.25) is 0 Å². The first-order valence-electron chi connectivity index (χ1n) is 5.29. The maximum atomic E-state index is 11.7. The Morgan fingerprint density at radius 3 is 2.47 bits per heavy atom. The van der Waals surface area contributed by atoms with E-state index in [1.54, 1.807) is 13.1 Å². The lowest BCUT2D eigenvalue weighted by atomic mass is 10.2. The maximum Gasteiger partial charge on any atom is 0.197 e. The number of carbonyl (C=O) groups is 1. The molecule has 4 heteroatoms. The smallest absolute Gasteiger partial charge is 0.197 e. The van der Waals surface area contributed by atoms with Gasteiger partial charge in [-0.3, -0.25) is 4.79 Å². The van der Waals surface area contributed by atoms with Crippen LogP contribution in [0.5, 0.6) is 5.75 Å². The first-order chi connectivity index (χ1) is 7.99. The zero-order valence-electron chi connectivity index (χ0n) is 10.2. The topological polar surface area (TPSA) is 29.5 Å². The number of hydrogen-bond donors (Lipinski definition) is 0. The fourth-order valence-corrected chi connectivity index (χ4v) is 1.40. The molecule has 1 aromatic carbocycles. The summed E-state index contributed by atoms with van der Waals surface area (Å²) in [5.74, 6) is 0.633. The summed E-state index contributed by atoms with van der Waals surface area (Å²) in [5.41, 5.74) is 0. The van der Waals surface area contributed by atoms with Crippen LogP contribution in [0.2, 0.25) is 0 Å². The molecule has 1 rings (SSSR count). The van der Waals surface area contributed by atoms with Crippen molar-refractivity contribution in [3.63, 3.8) is 0 Å². The van der Waals surface area contributed by atoms with Gasteiger partial charge in [-0.15, -0.1) is 0 Å². The molecule has 0 bridgehead atoms. The standard InChI is InChI=1S/C13H16BrNO2/c1-10(13(16)8-9-15(2)3)17-12-6-4-11(14)5-7-12/h4-10H,1-3H3. The Kier molecular flexibility index (Phi) is 5.22. The number of nitrogens with zero attached hydrogens (tertiary/aromatic N) is 1. The minimum atomic E-state index is -0.479. The van der Waals surface area contributed by atoms with Crippen LogP contribution >= 0.6 is 15.9 Å². The Balaban J connectivity index is 2.57. The Morgan fingerprint density at radius 2 is 1.94 bits per heavy atom. The van der Waals surface area contributed by atoms with Gasteiger partial charge < -0.3 is 9.64 Å². The van der Waals surface area contributed by atoms with E-state index < -0.39 is 6.10 Å². The fourth-order valence-electron chi connectivity index (χ4n) is 1.13. The van der Waals surface area contributed by atoms with E-state index in [2.05, 4.69) is 15.9 Å². The minimum absolute atomic E-state index is 0.0541. The van der Waals surface area contributed by atoms with Crippen LogP contribution in [0.4, 0.5) is 0 Å². The van der Waals surface area contributed by atoms with E-state index in [9.17, 15) is 4.79 Å². The lowest BCUT2D eigenvalue weighted by Gasteiger charge is -2.12. The molecule has 0 N–H and O–H groups in total. The third kappa shape index (κ3) is 5.04. The number of ether oxygens (including phenoxy) is 1. The maximum absolute atomic E-state index is 11.7. The summed E-state index contributed by atoms with van der Waals surface area (Å²) in [4.78, 5) is 13.5. The number of carbonyl (C=O) groups excluding carboxylic acids is 1. The molecule has 1 atom stereocenters. The van der Waals surface area contributed by atoms with E-state index in [4.69, 9.17) is 4.74 Å². The van der Waals surface area contributed by atoms with Crippen molar-refractivity contribution in [3.8, 4) is 5.75 Å². The van der Waals surface area contributed by atoms with E-state index in [1.807, 2.05) is 43.3 Å². The number of ketones is 1. The van der Waals surface area contributed by atoms with E-state index in [1.165, 1.54) is 6.08 Å². The lowest BCUT2D eigenvalue weighted by Crippen LogP contribution is -2.22. The largest absolute Gasteiger partial charge is 0.483 e. The van der Waals surface area contributed by atoms with Crippen molar-refractivity contribution < 1.29 is 9.53 Å². The molecular formula is C13H16BrNO2. The van der Waals surface area contributed by atoms with Crippen molar-refractivity contribution in [2.24, 2.45) is 0 Å². The van der Waals surface area contributed by atoms with Crippen LogP contribution in [0.25, 0.3) is 0 Å². The van der Waals surface area contributed by atoms with Crippen molar-refractivity contribution in [2.75, 3.05) is 14.1 Å². The highest BCUT2D eigenvalue weighted by molar-refractivity contribution is 9.10. The van der Waals surface area contributed by atoms with Crippen molar-refractivity contribution in [2.45, 2.75) is 13.0 Å². The highest BCUT2D eigenvalue weighted by atomic mass is 79.9. The molecular weight excluding hydrogens is 282 g/mol. The van der Waals surface area contributed by atoms with Crippen molar-refractivity contribution in [3.05, 3.63) is 41.0 Å². The molecule has 0 aliphatic carbocycles. The third-order valence-corrected chi connectivity index (χ3v) is 2.59. The van der Waals surface area contributed by atoms with Crippen LogP contribution in [0.1, 0.15) is 6.92 Å². The highest BCUT2D eigenvalue weighted by Crippen LogP contribution is 2.17.